The number of carbonyl (C=O) groups is 1. The molecule has 0 spiro atoms. The molecule has 0 unspecified atom stereocenters. The average Bonchev–Trinajstić information content (AvgIpc) is 2.57. The molecule has 0 aliphatic carbocycles. The normalized spacial score (nSPS) is 25.3. The summed E-state index contributed by atoms with van der Waals surface area (Å²) in [7, 11) is 0. The number of hydrogen-bond acceptors (Lipinski definition) is 5. The Balaban J connectivity index is 1.97. The quantitative estimate of drug-likeness (QED) is 0.858. The van der Waals surface area contributed by atoms with Crippen molar-refractivity contribution < 1.29 is 15.0 Å². The van der Waals surface area contributed by atoms with Crippen LogP contribution in [0.3, 0.4) is 0 Å². The summed E-state index contributed by atoms with van der Waals surface area (Å²) < 4.78 is 0. The Morgan fingerprint density at radius 3 is 2.78 bits per heavy atom. The van der Waals surface area contributed by atoms with E-state index < -0.39 is 18.0 Å². The Morgan fingerprint density at radius 1 is 1.56 bits per heavy atom. The van der Waals surface area contributed by atoms with Gasteiger partial charge in [-0.05, 0) is 26.8 Å². The molecule has 2 N–H and O–H groups in total. The number of aliphatic hydroxyl groups excluding tert-OH is 1. The number of aryl methyl sites for hydroxylation is 2. The van der Waals surface area contributed by atoms with Gasteiger partial charge in [0.05, 0.1) is 22.7 Å². The van der Waals surface area contributed by atoms with E-state index in [1.165, 1.54) is 4.88 Å². The van der Waals surface area contributed by atoms with E-state index >= 15 is 0 Å². The van der Waals surface area contributed by atoms with Gasteiger partial charge in [-0.15, -0.1) is 11.3 Å². The average molecular weight is 270 g/mol. The van der Waals surface area contributed by atoms with Crippen LogP contribution in [0.1, 0.15) is 22.0 Å². The molecular formula is C12H18N2O3S. The third-order valence-corrected chi connectivity index (χ3v) is 4.41. The highest BCUT2D eigenvalue weighted by atomic mass is 32.1. The summed E-state index contributed by atoms with van der Waals surface area (Å²) in [6.07, 6.45) is -0.265. The molecule has 1 fully saturated rings. The maximum absolute atomic E-state index is 10.9. The zero-order chi connectivity index (χ0) is 13.3. The minimum Gasteiger partial charge on any atom is -0.481 e. The van der Waals surface area contributed by atoms with E-state index in [4.69, 9.17) is 5.11 Å². The highest BCUT2D eigenvalue weighted by Gasteiger charge is 2.32. The molecule has 2 atom stereocenters. The van der Waals surface area contributed by atoms with E-state index in [0.717, 1.165) is 17.2 Å². The molecule has 18 heavy (non-hydrogen) atoms. The Kier molecular flexibility index (Phi) is 3.99. The number of aliphatic hydroxyl groups is 1. The monoisotopic (exact) mass is 270 g/mol. The number of piperidine rings is 1. The molecule has 0 amide bonds. The SMILES string of the molecule is Cc1nc(C)c(CN2CC[C@H](C(=O)O)[C@H](O)C2)s1. The van der Waals surface area contributed by atoms with Crippen LogP contribution in [-0.4, -0.2) is 45.3 Å². The first-order chi connectivity index (χ1) is 8.47. The predicted molar refractivity (Wildman–Crippen MR) is 68.6 cm³/mol. The van der Waals surface area contributed by atoms with Crippen LogP contribution in [0.2, 0.25) is 0 Å². The number of aromatic nitrogens is 1. The molecule has 6 heteroatoms. The first-order valence-electron chi connectivity index (χ1n) is 6.03. The van der Waals surface area contributed by atoms with Crippen molar-refractivity contribution in [1.82, 2.24) is 9.88 Å². The third kappa shape index (κ3) is 2.88. The van der Waals surface area contributed by atoms with Gasteiger partial charge in [0.2, 0.25) is 0 Å². The summed E-state index contributed by atoms with van der Waals surface area (Å²) in [6.45, 7) is 5.85. The third-order valence-electron chi connectivity index (χ3n) is 3.35. The number of carboxylic acids is 1. The second-order valence-corrected chi connectivity index (χ2v) is 6.07. The van der Waals surface area contributed by atoms with Gasteiger partial charge in [0, 0.05) is 18.0 Å². The molecular weight excluding hydrogens is 252 g/mol. The topological polar surface area (TPSA) is 73.7 Å². The van der Waals surface area contributed by atoms with Gasteiger partial charge in [0.1, 0.15) is 0 Å². The van der Waals surface area contributed by atoms with Crippen LogP contribution < -0.4 is 0 Å². The summed E-state index contributed by atoms with van der Waals surface area (Å²) in [4.78, 5) is 18.6. The van der Waals surface area contributed by atoms with Crippen molar-refractivity contribution in [1.29, 1.82) is 0 Å². The van der Waals surface area contributed by atoms with Gasteiger partial charge >= 0.3 is 5.97 Å². The maximum atomic E-state index is 10.9. The number of β-amino-alcohol motifs (C(OH)–C–C–N with tert-alkyl or cyclic N) is 1. The Hall–Kier alpha value is -0.980. The van der Waals surface area contributed by atoms with Crippen LogP contribution in [0, 0.1) is 19.8 Å². The number of carboxylic acid groups (broad SMARTS) is 1. The molecule has 2 rings (SSSR count). The summed E-state index contributed by atoms with van der Waals surface area (Å²) in [5, 5.41) is 19.8. The highest BCUT2D eigenvalue weighted by Crippen LogP contribution is 2.23. The second kappa shape index (κ2) is 5.34. The van der Waals surface area contributed by atoms with Crippen LogP contribution in [0.15, 0.2) is 0 Å². The number of nitrogens with zero attached hydrogens (tertiary/aromatic N) is 2. The van der Waals surface area contributed by atoms with E-state index in [2.05, 4.69) is 9.88 Å². The summed E-state index contributed by atoms with van der Waals surface area (Å²) in [5.74, 6) is -1.52. The van der Waals surface area contributed by atoms with Crippen LogP contribution in [0.25, 0.3) is 0 Å². The fraction of sp³-hybridized carbons (Fsp3) is 0.667. The molecule has 0 saturated carbocycles. The molecule has 1 aromatic heterocycles. The van der Waals surface area contributed by atoms with Crippen LogP contribution in [-0.2, 0) is 11.3 Å². The van der Waals surface area contributed by atoms with E-state index in [1.807, 2.05) is 13.8 Å². The number of thiazole rings is 1. The van der Waals surface area contributed by atoms with Crippen molar-refractivity contribution >= 4 is 17.3 Å². The molecule has 0 bridgehead atoms. The molecule has 1 aliphatic heterocycles. The molecule has 0 radical (unpaired) electrons. The van der Waals surface area contributed by atoms with E-state index in [1.54, 1.807) is 11.3 Å². The maximum Gasteiger partial charge on any atom is 0.309 e. The van der Waals surface area contributed by atoms with Crippen LogP contribution in [0.4, 0.5) is 0 Å². The van der Waals surface area contributed by atoms with Crippen LogP contribution >= 0.6 is 11.3 Å². The zero-order valence-corrected chi connectivity index (χ0v) is 11.4. The van der Waals surface area contributed by atoms with Gasteiger partial charge in [-0.25, -0.2) is 4.98 Å². The highest BCUT2D eigenvalue weighted by molar-refractivity contribution is 7.11. The van der Waals surface area contributed by atoms with E-state index in [9.17, 15) is 9.90 Å². The van der Waals surface area contributed by atoms with Crippen LogP contribution in [0.5, 0.6) is 0 Å². The van der Waals surface area contributed by atoms with Crippen molar-refractivity contribution in [2.75, 3.05) is 13.1 Å². The zero-order valence-electron chi connectivity index (χ0n) is 10.6. The Labute approximate surface area is 110 Å². The summed E-state index contributed by atoms with van der Waals surface area (Å²) >= 11 is 1.67. The first-order valence-corrected chi connectivity index (χ1v) is 6.85. The van der Waals surface area contributed by atoms with Gasteiger partial charge in [-0.3, -0.25) is 9.69 Å². The largest absolute Gasteiger partial charge is 0.481 e. The smallest absolute Gasteiger partial charge is 0.309 e. The minimum atomic E-state index is -0.896. The lowest BCUT2D eigenvalue weighted by Gasteiger charge is -2.33. The molecule has 100 valence electrons. The standard InChI is InChI=1S/C12H18N2O3S/c1-7-11(18-8(2)13-7)6-14-4-3-9(12(16)17)10(15)5-14/h9-10,15H,3-6H2,1-2H3,(H,16,17)/t9-,10+/m0/s1. The Bertz CT molecular complexity index is 447. The lowest BCUT2D eigenvalue weighted by molar-refractivity contribution is -0.148. The fourth-order valence-electron chi connectivity index (χ4n) is 2.35. The molecule has 2 heterocycles. The Morgan fingerprint density at radius 2 is 2.28 bits per heavy atom. The van der Waals surface area contributed by atoms with Gasteiger partial charge in [0.25, 0.3) is 0 Å². The molecule has 1 saturated heterocycles. The van der Waals surface area contributed by atoms with E-state index in [0.29, 0.717) is 19.5 Å². The predicted octanol–water partition coefficient (Wildman–Crippen LogP) is 1.03. The molecule has 0 aromatic carbocycles. The summed E-state index contributed by atoms with van der Waals surface area (Å²) in [5.41, 5.74) is 1.03. The van der Waals surface area contributed by atoms with Crippen molar-refractivity contribution in [3.8, 4) is 0 Å². The lowest BCUT2D eigenvalue weighted by Crippen LogP contribution is -2.46. The second-order valence-electron chi connectivity index (χ2n) is 4.78. The molecule has 5 nitrogen and oxygen atoms in total. The van der Waals surface area contributed by atoms with Gasteiger partial charge in [0.15, 0.2) is 0 Å². The van der Waals surface area contributed by atoms with Gasteiger partial charge in [-0.2, -0.15) is 0 Å². The van der Waals surface area contributed by atoms with Crippen molar-refractivity contribution in [2.24, 2.45) is 5.92 Å². The van der Waals surface area contributed by atoms with Gasteiger partial charge in [-0.1, -0.05) is 0 Å². The molecule has 1 aromatic rings. The first kappa shape index (κ1) is 13.5. The summed E-state index contributed by atoms with van der Waals surface area (Å²) in [6, 6.07) is 0. The van der Waals surface area contributed by atoms with Crippen molar-refractivity contribution in [3.05, 3.63) is 15.6 Å². The fourth-order valence-corrected chi connectivity index (χ4v) is 3.33. The number of aliphatic carboxylic acids is 1. The van der Waals surface area contributed by atoms with Crippen molar-refractivity contribution in [3.63, 3.8) is 0 Å². The molecule has 1 aliphatic rings. The van der Waals surface area contributed by atoms with Crippen molar-refractivity contribution in [2.45, 2.75) is 32.9 Å². The number of likely N-dealkylation sites (tertiary alicyclic amines) is 1. The number of hydrogen-bond donors (Lipinski definition) is 2. The lowest BCUT2D eigenvalue weighted by atomic mass is 9.94. The van der Waals surface area contributed by atoms with E-state index in [-0.39, 0.29) is 0 Å². The van der Waals surface area contributed by atoms with Gasteiger partial charge < -0.3 is 10.2 Å². The minimum absolute atomic E-state index is 0.424. The number of rotatable bonds is 3.